The molecule has 0 amide bonds. The van der Waals surface area contributed by atoms with Gasteiger partial charge in [-0.15, -0.1) is 0 Å². The molecule has 1 atom stereocenters. The smallest absolute Gasteiger partial charge is 0.306 e. The van der Waals surface area contributed by atoms with Crippen LogP contribution in [0, 0.1) is 0 Å². The van der Waals surface area contributed by atoms with Crippen molar-refractivity contribution in [3.63, 3.8) is 0 Å². The van der Waals surface area contributed by atoms with Crippen LogP contribution >= 0.6 is 0 Å². The molecule has 0 aromatic carbocycles. The number of unbranched alkanes of at least 4 members (excludes halogenated alkanes) is 38. The monoisotopic (exact) mass is 955 g/mol. The van der Waals surface area contributed by atoms with Crippen molar-refractivity contribution in [2.45, 2.75) is 329 Å². The Morgan fingerprint density at radius 1 is 0.294 bits per heavy atom. The van der Waals surface area contributed by atoms with Crippen LogP contribution in [0.5, 0.6) is 0 Å². The molecular formula is C62H114O6. The summed E-state index contributed by atoms with van der Waals surface area (Å²) in [7, 11) is 0. The van der Waals surface area contributed by atoms with Crippen LogP contribution in [-0.2, 0) is 28.6 Å². The number of ether oxygens (including phenoxy) is 3. The minimum atomic E-state index is -0.764. The van der Waals surface area contributed by atoms with Crippen molar-refractivity contribution in [1.29, 1.82) is 0 Å². The highest BCUT2D eigenvalue weighted by molar-refractivity contribution is 5.71. The highest BCUT2D eigenvalue weighted by Gasteiger charge is 2.19. The van der Waals surface area contributed by atoms with Gasteiger partial charge in [0.15, 0.2) is 6.10 Å². The first-order valence-electron chi connectivity index (χ1n) is 30.0. The van der Waals surface area contributed by atoms with Crippen LogP contribution in [0.15, 0.2) is 36.5 Å². The van der Waals surface area contributed by atoms with E-state index < -0.39 is 6.10 Å². The van der Waals surface area contributed by atoms with E-state index in [0.29, 0.717) is 19.3 Å². The van der Waals surface area contributed by atoms with E-state index in [9.17, 15) is 14.4 Å². The Morgan fingerprint density at radius 3 is 0.824 bits per heavy atom. The van der Waals surface area contributed by atoms with Crippen LogP contribution in [-0.4, -0.2) is 37.2 Å². The van der Waals surface area contributed by atoms with Crippen molar-refractivity contribution in [1.82, 2.24) is 0 Å². The zero-order valence-corrected chi connectivity index (χ0v) is 45.6. The third-order valence-electron chi connectivity index (χ3n) is 13.4. The van der Waals surface area contributed by atoms with Gasteiger partial charge in [-0.3, -0.25) is 14.4 Å². The molecule has 0 aromatic heterocycles. The van der Waals surface area contributed by atoms with Crippen LogP contribution in [0.25, 0.3) is 0 Å². The Hall–Kier alpha value is -2.37. The average molecular weight is 956 g/mol. The minimum absolute atomic E-state index is 0.0668. The standard InChI is InChI=1S/C62H114O6/c1-4-7-10-13-16-19-21-22-23-24-25-26-27-28-29-30-31-32-33-34-35-36-37-38-39-40-42-43-46-49-52-55-61(64)67-58-59(57-66-60(63)54-51-48-45-18-15-12-9-6-3)68-62(65)56-53-50-47-44-41-20-17-14-11-8-5-2/h21-22,24-25,27-28,59H,4-20,23,26,29-58H2,1-3H3/b22-21-,25-24-,28-27-. The molecule has 0 rings (SSSR count). The molecule has 6 nitrogen and oxygen atoms in total. The number of allylic oxidation sites excluding steroid dienone is 6. The lowest BCUT2D eigenvalue weighted by molar-refractivity contribution is -0.167. The predicted octanol–water partition coefficient (Wildman–Crippen LogP) is 20.0. The number of carbonyl (C=O) groups excluding carboxylic acids is 3. The number of hydrogen-bond donors (Lipinski definition) is 0. The second-order valence-corrected chi connectivity index (χ2v) is 20.3. The molecule has 0 aromatic rings. The summed E-state index contributed by atoms with van der Waals surface area (Å²) < 4.78 is 16.8. The summed E-state index contributed by atoms with van der Waals surface area (Å²) in [5.74, 6) is -0.856. The fraction of sp³-hybridized carbons (Fsp3) is 0.855. The molecule has 0 aliphatic rings. The van der Waals surface area contributed by atoms with Gasteiger partial charge in [-0.25, -0.2) is 0 Å². The van der Waals surface area contributed by atoms with Gasteiger partial charge in [0.05, 0.1) is 0 Å². The van der Waals surface area contributed by atoms with Crippen LogP contribution < -0.4 is 0 Å². The minimum Gasteiger partial charge on any atom is -0.462 e. The van der Waals surface area contributed by atoms with Crippen LogP contribution in [0.3, 0.4) is 0 Å². The molecule has 0 heterocycles. The van der Waals surface area contributed by atoms with Crippen molar-refractivity contribution in [2.75, 3.05) is 13.2 Å². The summed E-state index contributed by atoms with van der Waals surface area (Å²) in [6.45, 7) is 6.62. The Balaban J connectivity index is 3.98. The average Bonchev–Trinajstić information content (AvgIpc) is 3.34. The van der Waals surface area contributed by atoms with Gasteiger partial charge in [0.25, 0.3) is 0 Å². The topological polar surface area (TPSA) is 78.9 Å². The number of carbonyl (C=O) groups is 3. The summed E-state index contributed by atoms with van der Waals surface area (Å²) in [4.78, 5) is 37.9. The lowest BCUT2D eigenvalue weighted by Gasteiger charge is -2.18. The Kier molecular flexibility index (Phi) is 55.2. The number of esters is 3. The first-order valence-corrected chi connectivity index (χ1v) is 30.0. The summed E-state index contributed by atoms with van der Waals surface area (Å²) >= 11 is 0. The molecular weight excluding hydrogens is 841 g/mol. The molecule has 6 heteroatoms. The first kappa shape index (κ1) is 65.6. The summed E-state index contributed by atoms with van der Waals surface area (Å²) in [6.07, 6.45) is 68.9. The molecule has 398 valence electrons. The molecule has 0 aliphatic carbocycles. The second-order valence-electron chi connectivity index (χ2n) is 20.3. The molecule has 0 fully saturated rings. The summed E-state index contributed by atoms with van der Waals surface area (Å²) in [6, 6.07) is 0. The second kappa shape index (κ2) is 57.2. The van der Waals surface area contributed by atoms with Gasteiger partial charge in [-0.2, -0.15) is 0 Å². The number of rotatable bonds is 55. The van der Waals surface area contributed by atoms with E-state index in [2.05, 4.69) is 57.2 Å². The molecule has 0 spiro atoms. The van der Waals surface area contributed by atoms with Crippen molar-refractivity contribution < 1.29 is 28.6 Å². The van der Waals surface area contributed by atoms with Gasteiger partial charge in [0.2, 0.25) is 0 Å². The maximum absolute atomic E-state index is 12.8. The molecule has 0 saturated heterocycles. The third-order valence-corrected chi connectivity index (χ3v) is 13.4. The highest BCUT2D eigenvalue weighted by atomic mass is 16.6. The van der Waals surface area contributed by atoms with Gasteiger partial charge < -0.3 is 14.2 Å². The van der Waals surface area contributed by atoms with E-state index in [1.165, 1.54) is 212 Å². The molecule has 0 aliphatic heterocycles. The maximum Gasteiger partial charge on any atom is 0.306 e. The van der Waals surface area contributed by atoms with Gasteiger partial charge in [-0.05, 0) is 57.8 Å². The fourth-order valence-corrected chi connectivity index (χ4v) is 8.86. The lowest BCUT2D eigenvalue weighted by Crippen LogP contribution is -2.30. The fourth-order valence-electron chi connectivity index (χ4n) is 8.86. The summed E-state index contributed by atoms with van der Waals surface area (Å²) in [5, 5.41) is 0. The largest absolute Gasteiger partial charge is 0.462 e. The van der Waals surface area contributed by atoms with E-state index in [4.69, 9.17) is 14.2 Å². The van der Waals surface area contributed by atoms with Crippen LogP contribution in [0.1, 0.15) is 323 Å². The lowest BCUT2D eigenvalue weighted by atomic mass is 10.0. The van der Waals surface area contributed by atoms with Crippen molar-refractivity contribution in [3.05, 3.63) is 36.5 Å². The van der Waals surface area contributed by atoms with Crippen LogP contribution in [0.2, 0.25) is 0 Å². The van der Waals surface area contributed by atoms with Gasteiger partial charge >= 0.3 is 17.9 Å². The Morgan fingerprint density at radius 2 is 0.529 bits per heavy atom. The normalized spacial score (nSPS) is 12.2. The zero-order chi connectivity index (χ0) is 49.3. The molecule has 0 saturated carbocycles. The predicted molar refractivity (Wildman–Crippen MR) is 293 cm³/mol. The van der Waals surface area contributed by atoms with Gasteiger partial charge in [0, 0.05) is 19.3 Å². The van der Waals surface area contributed by atoms with Gasteiger partial charge in [-0.1, -0.05) is 282 Å². The van der Waals surface area contributed by atoms with E-state index in [0.717, 1.165) is 70.6 Å². The van der Waals surface area contributed by atoms with Gasteiger partial charge in [0.1, 0.15) is 13.2 Å². The molecule has 0 radical (unpaired) electrons. The van der Waals surface area contributed by atoms with E-state index in [-0.39, 0.29) is 31.1 Å². The molecule has 0 N–H and O–H groups in total. The first-order chi connectivity index (χ1) is 33.5. The third kappa shape index (κ3) is 54.6. The van der Waals surface area contributed by atoms with E-state index in [1.54, 1.807) is 0 Å². The summed E-state index contributed by atoms with van der Waals surface area (Å²) in [5.41, 5.74) is 0. The SMILES string of the molecule is CCCCCCC/C=C\C/C=C\C/C=C\CCCCCCCCCCCCCCCCCCC(=O)OCC(COC(=O)CCCCCCCCCC)OC(=O)CCCCCCCCCCCCC. The van der Waals surface area contributed by atoms with Crippen molar-refractivity contribution in [2.24, 2.45) is 0 Å². The zero-order valence-electron chi connectivity index (χ0n) is 45.6. The van der Waals surface area contributed by atoms with Crippen LogP contribution in [0.4, 0.5) is 0 Å². The van der Waals surface area contributed by atoms with Crippen molar-refractivity contribution in [3.8, 4) is 0 Å². The molecule has 68 heavy (non-hydrogen) atoms. The molecule has 1 unspecified atom stereocenters. The van der Waals surface area contributed by atoms with E-state index >= 15 is 0 Å². The maximum atomic E-state index is 12.8. The Labute approximate surface area is 423 Å². The Bertz CT molecular complexity index is 1140. The quantitative estimate of drug-likeness (QED) is 0.0262. The highest BCUT2D eigenvalue weighted by Crippen LogP contribution is 2.17. The van der Waals surface area contributed by atoms with E-state index in [1.807, 2.05) is 0 Å². The number of hydrogen-bond acceptors (Lipinski definition) is 6. The van der Waals surface area contributed by atoms with Crippen molar-refractivity contribution >= 4 is 17.9 Å². The molecule has 0 bridgehead atoms.